The van der Waals surface area contributed by atoms with Gasteiger partial charge in [-0.2, -0.15) is 0 Å². The molecule has 1 aliphatic rings. The number of nitrogens with one attached hydrogen (secondary N) is 1. The summed E-state index contributed by atoms with van der Waals surface area (Å²) in [4.78, 5) is 0. The number of hydrogen-bond acceptors (Lipinski definition) is 1. The van der Waals surface area contributed by atoms with Crippen molar-refractivity contribution in [2.45, 2.75) is 60.4 Å². The van der Waals surface area contributed by atoms with Crippen LogP contribution in [0.3, 0.4) is 0 Å². The van der Waals surface area contributed by atoms with Gasteiger partial charge < -0.3 is 5.32 Å². The summed E-state index contributed by atoms with van der Waals surface area (Å²) in [7, 11) is 0. The highest BCUT2D eigenvalue weighted by Crippen LogP contribution is 2.35. The smallest absolute Gasteiger partial charge is 0.0764 e. The molecule has 1 heteroatoms. The van der Waals surface area contributed by atoms with Gasteiger partial charge in [0.05, 0.1) is 6.04 Å². The van der Waals surface area contributed by atoms with Crippen LogP contribution in [0.15, 0.2) is 114 Å². The van der Waals surface area contributed by atoms with Gasteiger partial charge in [-0.3, -0.25) is 0 Å². The van der Waals surface area contributed by atoms with E-state index < -0.39 is 0 Å². The lowest BCUT2D eigenvalue weighted by molar-refractivity contribution is 0.678. The number of rotatable bonds is 8. The summed E-state index contributed by atoms with van der Waals surface area (Å²) in [6, 6.07) is 26.0. The Morgan fingerprint density at radius 2 is 1.22 bits per heavy atom. The molecule has 1 N–H and O–H groups in total. The number of benzene rings is 3. The summed E-state index contributed by atoms with van der Waals surface area (Å²) < 4.78 is 0. The standard InChI is InChI=1S/C26H27N.C9H14/c1-5-22-10-12-23(13-11-22)18-21(4)27-26(24-14-6-19(2)7-15-24)25-16-8-20(3)9-17-25;1-5-9-7(3)6(2)8(9)4/h5-17,26-27H,1,4,18H2,2-3H3;5H2,1-4H3. The van der Waals surface area contributed by atoms with Gasteiger partial charge in [-0.05, 0) is 85.6 Å². The van der Waals surface area contributed by atoms with Gasteiger partial charge in [0.2, 0.25) is 0 Å². The highest BCUT2D eigenvalue weighted by atomic mass is 14.9. The maximum Gasteiger partial charge on any atom is 0.0764 e. The third-order valence-electron chi connectivity index (χ3n) is 7.19. The molecular weight excluding hydrogens is 434 g/mol. The molecule has 0 heterocycles. The van der Waals surface area contributed by atoms with E-state index >= 15 is 0 Å². The minimum absolute atomic E-state index is 0.0890. The Kier molecular flexibility index (Phi) is 9.31. The van der Waals surface area contributed by atoms with Crippen LogP contribution in [0, 0.1) is 13.8 Å². The summed E-state index contributed by atoms with van der Waals surface area (Å²) in [5.41, 5.74) is 14.5. The van der Waals surface area contributed by atoms with Crippen LogP contribution < -0.4 is 5.32 Å². The second kappa shape index (κ2) is 12.4. The van der Waals surface area contributed by atoms with Crippen LogP contribution in [0.5, 0.6) is 0 Å². The SMILES string of the molecule is C=Cc1ccc(CC(=C)NC(c2ccc(C)cc2)c2ccc(C)cc2)cc1.CCC1=C(C)C(C)=C1C. The molecule has 3 aromatic rings. The highest BCUT2D eigenvalue weighted by Gasteiger charge is 2.16. The first kappa shape index (κ1) is 27.0. The van der Waals surface area contributed by atoms with Crippen molar-refractivity contribution >= 4 is 6.08 Å². The molecule has 0 saturated carbocycles. The number of hydrogen-bond donors (Lipinski definition) is 1. The first-order valence-corrected chi connectivity index (χ1v) is 12.9. The molecule has 1 nitrogen and oxygen atoms in total. The number of aryl methyl sites for hydroxylation is 2. The maximum absolute atomic E-state index is 4.29. The van der Waals surface area contributed by atoms with E-state index in [1.165, 1.54) is 51.0 Å². The Labute approximate surface area is 219 Å². The second-order valence-electron chi connectivity index (χ2n) is 9.83. The first-order chi connectivity index (χ1) is 17.2. The average Bonchev–Trinajstić information content (AvgIpc) is 2.89. The molecule has 4 rings (SSSR count). The van der Waals surface area contributed by atoms with E-state index in [1.807, 2.05) is 6.08 Å². The van der Waals surface area contributed by atoms with Crippen molar-refractivity contribution in [1.82, 2.24) is 5.32 Å². The molecule has 186 valence electrons. The minimum Gasteiger partial charge on any atom is -0.378 e. The van der Waals surface area contributed by atoms with E-state index in [0.29, 0.717) is 0 Å². The molecule has 0 bridgehead atoms. The molecule has 0 radical (unpaired) electrons. The lowest BCUT2D eigenvalue weighted by atomic mass is 9.82. The first-order valence-electron chi connectivity index (χ1n) is 12.9. The summed E-state index contributed by atoms with van der Waals surface area (Å²) in [5, 5.41) is 3.65. The Balaban J connectivity index is 0.000000338. The quantitative estimate of drug-likeness (QED) is 0.342. The fourth-order valence-corrected chi connectivity index (χ4v) is 4.63. The van der Waals surface area contributed by atoms with Crippen LogP contribution in [0.1, 0.15) is 73.5 Å². The second-order valence-corrected chi connectivity index (χ2v) is 9.83. The molecule has 0 amide bonds. The fraction of sp³-hybridized carbons (Fsp3) is 0.257. The van der Waals surface area contributed by atoms with Crippen LogP contribution in [0.4, 0.5) is 0 Å². The molecule has 0 spiro atoms. The van der Waals surface area contributed by atoms with Gasteiger partial charge >= 0.3 is 0 Å². The van der Waals surface area contributed by atoms with Crippen molar-refractivity contribution in [2.75, 3.05) is 0 Å². The van der Waals surface area contributed by atoms with E-state index in [-0.39, 0.29) is 6.04 Å². The fourth-order valence-electron chi connectivity index (χ4n) is 4.63. The summed E-state index contributed by atoms with van der Waals surface area (Å²) in [6.45, 7) is 21.2. The van der Waals surface area contributed by atoms with Crippen molar-refractivity contribution in [3.63, 3.8) is 0 Å². The normalized spacial score (nSPS) is 12.6. The molecule has 0 fully saturated rings. The summed E-state index contributed by atoms with van der Waals surface area (Å²) in [6.07, 6.45) is 3.86. The highest BCUT2D eigenvalue weighted by molar-refractivity contribution is 5.56. The van der Waals surface area contributed by atoms with Gasteiger partial charge in [0.25, 0.3) is 0 Å². The molecule has 0 aliphatic heterocycles. The Bertz CT molecular complexity index is 1200. The topological polar surface area (TPSA) is 12.0 Å². The molecule has 36 heavy (non-hydrogen) atoms. The molecule has 0 aromatic heterocycles. The third kappa shape index (κ3) is 6.76. The zero-order valence-corrected chi connectivity index (χ0v) is 22.9. The van der Waals surface area contributed by atoms with E-state index in [9.17, 15) is 0 Å². The largest absolute Gasteiger partial charge is 0.378 e. The van der Waals surface area contributed by atoms with Crippen LogP contribution >= 0.6 is 0 Å². The maximum atomic E-state index is 4.29. The Hall–Kier alpha value is -3.58. The van der Waals surface area contributed by atoms with Crippen molar-refractivity contribution in [1.29, 1.82) is 0 Å². The predicted octanol–water partition coefficient (Wildman–Crippen LogP) is 9.44. The minimum atomic E-state index is 0.0890. The van der Waals surface area contributed by atoms with Gasteiger partial charge in [0.1, 0.15) is 0 Å². The summed E-state index contributed by atoms with van der Waals surface area (Å²) in [5.74, 6) is 0. The van der Waals surface area contributed by atoms with E-state index in [2.05, 4.69) is 133 Å². The molecule has 3 aromatic carbocycles. The van der Waals surface area contributed by atoms with Crippen LogP contribution in [0.2, 0.25) is 0 Å². The summed E-state index contributed by atoms with van der Waals surface area (Å²) >= 11 is 0. The van der Waals surface area contributed by atoms with Crippen molar-refractivity contribution in [3.8, 4) is 0 Å². The average molecular weight is 476 g/mol. The van der Waals surface area contributed by atoms with Crippen LogP contribution in [0.25, 0.3) is 6.08 Å². The Morgan fingerprint density at radius 1 is 0.722 bits per heavy atom. The van der Waals surface area contributed by atoms with E-state index in [4.69, 9.17) is 0 Å². The van der Waals surface area contributed by atoms with Crippen LogP contribution in [-0.4, -0.2) is 0 Å². The van der Waals surface area contributed by atoms with Gasteiger partial charge in [-0.25, -0.2) is 0 Å². The van der Waals surface area contributed by atoms with E-state index in [0.717, 1.165) is 17.7 Å². The van der Waals surface area contributed by atoms with Gasteiger partial charge in [-0.15, -0.1) is 0 Å². The van der Waals surface area contributed by atoms with Crippen molar-refractivity contribution in [2.24, 2.45) is 0 Å². The zero-order valence-electron chi connectivity index (χ0n) is 22.9. The van der Waals surface area contributed by atoms with Gasteiger partial charge in [0.15, 0.2) is 0 Å². The molecule has 1 aliphatic carbocycles. The van der Waals surface area contributed by atoms with Crippen molar-refractivity contribution in [3.05, 3.63) is 147 Å². The molecule has 0 atom stereocenters. The van der Waals surface area contributed by atoms with E-state index in [1.54, 1.807) is 5.57 Å². The lowest BCUT2D eigenvalue weighted by Crippen LogP contribution is -2.22. The number of allylic oxidation sites excluding steroid dienone is 5. The lowest BCUT2D eigenvalue weighted by Gasteiger charge is -2.24. The monoisotopic (exact) mass is 475 g/mol. The van der Waals surface area contributed by atoms with Crippen molar-refractivity contribution < 1.29 is 0 Å². The Morgan fingerprint density at radius 3 is 1.61 bits per heavy atom. The van der Waals surface area contributed by atoms with Gasteiger partial charge in [-0.1, -0.05) is 110 Å². The van der Waals surface area contributed by atoms with Gasteiger partial charge in [0, 0.05) is 12.1 Å². The molecule has 0 saturated heterocycles. The van der Waals surface area contributed by atoms with Crippen LogP contribution in [-0.2, 0) is 6.42 Å². The molecule has 0 unspecified atom stereocenters. The molecular formula is C35H41N. The predicted molar refractivity (Wildman–Crippen MR) is 158 cm³/mol. The third-order valence-corrected chi connectivity index (χ3v) is 7.19. The zero-order chi connectivity index (χ0) is 26.2.